The van der Waals surface area contributed by atoms with Crippen LogP contribution in [0.3, 0.4) is 0 Å². The molecule has 1 aromatic carbocycles. The molecule has 1 aromatic rings. The van der Waals surface area contributed by atoms with Gasteiger partial charge in [-0.1, -0.05) is 19.9 Å². The summed E-state index contributed by atoms with van der Waals surface area (Å²) in [5, 5.41) is 5.78. The van der Waals surface area contributed by atoms with E-state index >= 15 is 0 Å². The Labute approximate surface area is 155 Å². The van der Waals surface area contributed by atoms with Crippen LogP contribution in [0.15, 0.2) is 18.2 Å². The van der Waals surface area contributed by atoms with Gasteiger partial charge in [0.15, 0.2) is 0 Å². The van der Waals surface area contributed by atoms with Crippen LogP contribution in [0.4, 0.5) is 11.4 Å². The van der Waals surface area contributed by atoms with Gasteiger partial charge >= 0.3 is 0 Å². The van der Waals surface area contributed by atoms with Crippen molar-refractivity contribution in [1.29, 1.82) is 0 Å². The van der Waals surface area contributed by atoms with Crippen LogP contribution in [-0.4, -0.2) is 35.7 Å². The van der Waals surface area contributed by atoms with Crippen LogP contribution in [0, 0.1) is 12.8 Å². The highest BCUT2D eigenvalue weighted by Crippen LogP contribution is 2.24. The summed E-state index contributed by atoms with van der Waals surface area (Å²) >= 11 is 0. The van der Waals surface area contributed by atoms with Gasteiger partial charge < -0.3 is 15.5 Å². The predicted molar refractivity (Wildman–Crippen MR) is 103 cm³/mol. The van der Waals surface area contributed by atoms with Gasteiger partial charge in [-0.3, -0.25) is 14.4 Å². The number of carbonyl (C=O) groups is 3. The zero-order valence-electron chi connectivity index (χ0n) is 15.9. The zero-order valence-corrected chi connectivity index (χ0v) is 15.9. The molecule has 0 aliphatic carbocycles. The second kappa shape index (κ2) is 9.36. The van der Waals surface area contributed by atoms with E-state index in [2.05, 4.69) is 10.6 Å². The molecule has 1 heterocycles. The fourth-order valence-electron chi connectivity index (χ4n) is 3.11. The Bertz CT molecular complexity index is 672. The van der Waals surface area contributed by atoms with Crippen LogP contribution in [0.25, 0.3) is 0 Å². The molecular weight excluding hydrogens is 330 g/mol. The summed E-state index contributed by atoms with van der Waals surface area (Å²) in [4.78, 5) is 38.2. The molecule has 142 valence electrons. The van der Waals surface area contributed by atoms with E-state index in [0.29, 0.717) is 30.8 Å². The number of rotatable bonds is 6. The number of hydrogen-bond donors (Lipinski definition) is 2. The zero-order chi connectivity index (χ0) is 19.1. The van der Waals surface area contributed by atoms with Crippen molar-refractivity contribution in [2.45, 2.75) is 52.9 Å². The first-order chi connectivity index (χ1) is 12.4. The van der Waals surface area contributed by atoms with Crippen LogP contribution in [0.2, 0.25) is 0 Å². The first-order valence-corrected chi connectivity index (χ1v) is 9.43. The van der Waals surface area contributed by atoms with Gasteiger partial charge in [0.1, 0.15) is 0 Å². The molecule has 0 aromatic heterocycles. The third-order valence-electron chi connectivity index (χ3n) is 4.71. The van der Waals surface area contributed by atoms with Crippen LogP contribution < -0.4 is 10.6 Å². The number of hydrogen-bond acceptors (Lipinski definition) is 3. The highest BCUT2D eigenvalue weighted by atomic mass is 16.2. The number of carbonyl (C=O) groups excluding carboxylic acids is 3. The Balaban J connectivity index is 2.03. The summed E-state index contributed by atoms with van der Waals surface area (Å²) in [7, 11) is 0. The smallest absolute Gasteiger partial charge is 0.229 e. The molecule has 26 heavy (non-hydrogen) atoms. The summed E-state index contributed by atoms with van der Waals surface area (Å²) in [6, 6.07) is 5.48. The van der Waals surface area contributed by atoms with Crippen molar-refractivity contribution < 1.29 is 14.4 Å². The normalized spacial score (nSPS) is 16.9. The average Bonchev–Trinajstić information content (AvgIpc) is 2.64. The molecule has 2 N–H and O–H groups in total. The largest absolute Gasteiger partial charge is 0.342 e. The Morgan fingerprint density at radius 1 is 1.19 bits per heavy atom. The van der Waals surface area contributed by atoms with Crippen LogP contribution in [0.1, 0.15) is 51.5 Å². The molecular formula is C20H29N3O3. The van der Waals surface area contributed by atoms with E-state index in [0.717, 1.165) is 31.4 Å². The minimum Gasteiger partial charge on any atom is -0.342 e. The number of benzene rings is 1. The minimum atomic E-state index is -0.196. The predicted octanol–water partition coefficient (Wildman–Crippen LogP) is 3.32. The maximum Gasteiger partial charge on any atom is 0.229 e. The van der Waals surface area contributed by atoms with Crippen molar-refractivity contribution in [3.05, 3.63) is 23.8 Å². The first kappa shape index (κ1) is 19.9. The summed E-state index contributed by atoms with van der Waals surface area (Å²) in [5.74, 6) is -0.201. The number of anilines is 2. The Hall–Kier alpha value is -2.37. The third-order valence-corrected chi connectivity index (χ3v) is 4.71. The molecule has 0 bridgehead atoms. The fraction of sp³-hybridized carbons (Fsp3) is 0.550. The van der Waals surface area contributed by atoms with E-state index in [1.807, 2.05) is 30.9 Å². The molecule has 3 amide bonds. The molecule has 1 atom stereocenters. The fourth-order valence-corrected chi connectivity index (χ4v) is 3.11. The van der Waals surface area contributed by atoms with E-state index in [9.17, 15) is 14.4 Å². The molecule has 6 nitrogen and oxygen atoms in total. The molecule has 1 unspecified atom stereocenters. The van der Waals surface area contributed by atoms with Crippen LogP contribution >= 0.6 is 0 Å². The summed E-state index contributed by atoms with van der Waals surface area (Å²) in [6.07, 6.45) is 3.39. The van der Waals surface area contributed by atoms with Gasteiger partial charge in [0.05, 0.1) is 5.92 Å². The van der Waals surface area contributed by atoms with Gasteiger partial charge in [0, 0.05) is 37.3 Å². The van der Waals surface area contributed by atoms with E-state index in [-0.39, 0.29) is 23.6 Å². The van der Waals surface area contributed by atoms with Crippen LogP contribution in [-0.2, 0) is 14.4 Å². The molecule has 1 aliphatic rings. The number of aryl methyl sites for hydroxylation is 1. The number of likely N-dealkylation sites (tertiary alicyclic amines) is 1. The third kappa shape index (κ3) is 5.31. The lowest BCUT2D eigenvalue weighted by Gasteiger charge is -2.32. The molecule has 0 radical (unpaired) electrons. The lowest BCUT2D eigenvalue weighted by molar-refractivity contribution is -0.134. The Morgan fingerprint density at radius 3 is 2.65 bits per heavy atom. The number of piperidine rings is 1. The molecule has 0 saturated carbocycles. The minimum absolute atomic E-state index is 0.0662. The van der Waals surface area contributed by atoms with E-state index in [1.165, 1.54) is 0 Å². The van der Waals surface area contributed by atoms with E-state index < -0.39 is 0 Å². The average molecular weight is 359 g/mol. The molecule has 1 saturated heterocycles. The van der Waals surface area contributed by atoms with Gasteiger partial charge in [-0.05, 0) is 43.9 Å². The van der Waals surface area contributed by atoms with Crippen molar-refractivity contribution in [3.8, 4) is 0 Å². The van der Waals surface area contributed by atoms with Crippen molar-refractivity contribution in [3.63, 3.8) is 0 Å². The molecule has 0 spiro atoms. The summed E-state index contributed by atoms with van der Waals surface area (Å²) in [5.41, 5.74) is 2.30. The maximum atomic E-state index is 12.7. The number of nitrogens with zero attached hydrogens (tertiary/aromatic N) is 1. The molecule has 6 heteroatoms. The molecule has 1 aliphatic heterocycles. The summed E-state index contributed by atoms with van der Waals surface area (Å²) in [6.45, 7) is 6.91. The first-order valence-electron chi connectivity index (χ1n) is 9.43. The quantitative estimate of drug-likeness (QED) is 0.818. The van der Waals surface area contributed by atoms with Gasteiger partial charge in [0.2, 0.25) is 17.7 Å². The second-order valence-electron chi connectivity index (χ2n) is 6.85. The van der Waals surface area contributed by atoms with E-state index in [4.69, 9.17) is 0 Å². The summed E-state index contributed by atoms with van der Waals surface area (Å²) < 4.78 is 0. The van der Waals surface area contributed by atoms with E-state index in [1.54, 1.807) is 13.0 Å². The topological polar surface area (TPSA) is 78.5 Å². The lowest BCUT2D eigenvalue weighted by atomic mass is 9.96. The SMILES string of the molecule is CCCC(=O)N1CCCC(C(=O)Nc2cc(NC(=O)CC)ccc2C)C1. The van der Waals surface area contributed by atoms with Crippen molar-refractivity contribution in [2.24, 2.45) is 5.92 Å². The highest BCUT2D eigenvalue weighted by Gasteiger charge is 2.28. The van der Waals surface area contributed by atoms with Gasteiger partial charge in [-0.25, -0.2) is 0 Å². The molecule has 1 fully saturated rings. The van der Waals surface area contributed by atoms with Crippen molar-refractivity contribution >= 4 is 29.1 Å². The van der Waals surface area contributed by atoms with Crippen LogP contribution in [0.5, 0.6) is 0 Å². The lowest BCUT2D eigenvalue weighted by Crippen LogP contribution is -2.43. The highest BCUT2D eigenvalue weighted by molar-refractivity contribution is 5.96. The second-order valence-corrected chi connectivity index (χ2v) is 6.85. The number of amides is 3. The number of nitrogens with one attached hydrogen (secondary N) is 2. The Morgan fingerprint density at radius 2 is 1.96 bits per heavy atom. The van der Waals surface area contributed by atoms with Gasteiger partial charge in [0.25, 0.3) is 0 Å². The molecule has 2 rings (SSSR count). The Kier molecular flexibility index (Phi) is 7.18. The van der Waals surface area contributed by atoms with Crippen molar-refractivity contribution in [1.82, 2.24) is 4.90 Å². The van der Waals surface area contributed by atoms with Gasteiger partial charge in [-0.2, -0.15) is 0 Å². The van der Waals surface area contributed by atoms with Gasteiger partial charge in [-0.15, -0.1) is 0 Å². The monoisotopic (exact) mass is 359 g/mol. The standard InChI is InChI=1S/C20H29N3O3/c1-4-7-19(25)23-11-6-8-15(13-23)20(26)22-17-12-16(10-9-14(17)3)21-18(24)5-2/h9-10,12,15H,4-8,11,13H2,1-3H3,(H,21,24)(H,22,26). The maximum absolute atomic E-state index is 12.7. The van der Waals surface area contributed by atoms with Crippen molar-refractivity contribution in [2.75, 3.05) is 23.7 Å².